The minimum Gasteiger partial charge on any atom is -0.504 e. The number of halogens is 1. The molecule has 1 N–H and O–H groups in total. The van der Waals surface area contributed by atoms with Crippen molar-refractivity contribution in [3.63, 3.8) is 0 Å². The second-order valence-corrected chi connectivity index (χ2v) is 2.94. The van der Waals surface area contributed by atoms with E-state index in [1.165, 1.54) is 12.1 Å². The Bertz CT molecular complexity index is 543. The lowest BCUT2D eigenvalue weighted by Gasteiger charge is -2.01. The molecule has 0 unspecified atom stereocenters. The Labute approximate surface area is 79.8 Å². The van der Waals surface area contributed by atoms with Gasteiger partial charge in [0.25, 0.3) is 0 Å². The molecule has 0 amide bonds. The number of benzene rings is 2. The molecule has 0 spiro atoms. The lowest BCUT2D eigenvalue weighted by molar-refractivity contribution is 0.439. The van der Waals surface area contributed by atoms with Crippen LogP contribution >= 0.6 is 0 Å². The number of rotatable bonds is 0. The number of fused-ring (bicyclic) bond motifs is 1. The fourth-order valence-corrected chi connectivity index (χ4v) is 1.35. The van der Waals surface area contributed by atoms with Crippen molar-refractivity contribution in [1.29, 1.82) is 5.26 Å². The third kappa shape index (κ3) is 1.17. The van der Waals surface area contributed by atoms with Gasteiger partial charge in [-0.1, -0.05) is 12.1 Å². The highest BCUT2D eigenvalue weighted by Gasteiger charge is 2.05. The van der Waals surface area contributed by atoms with Crippen molar-refractivity contribution in [2.75, 3.05) is 0 Å². The van der Waals surface area contributed by atoms with E-state index in [9.17, 15) is 9.50 Å². The molecule has 14 heavy (non-hydrogen) atoms. The van der Waals surface area contributed by atoms with Gasteiger partial charge >= 0.3 is 0 Å². The minimum atomic E-state index is -0.674. The molecule has 0 saturated carbocycles. The number of nitriles is 1. The first-order valence-corrected chi connectivity index (χ1v) is 4.03. The second kappa shape index (κ2) is 3.00. The fraction of sp³-hybridized carbons (Fsp3) is 0. The SMILES string of the molecule is N#Cc1ccc2ccc(F)c(O)c2c1. The van der Waals surface area contributed by atoms with E-state index in [4.69, 9.17) is 5.26 Å². The third-order valence-electron chi connectivity index (χ3n) is 2.07. The quantitative estimate of drug-likeness (QED) is 0.688. The standard InChI is InChI=1S/C11H6FNO/c12-10-4-3-8-2-1-7(6-13)5-9(8)11(10)14/h1-5,14H. The summed E-state index contributed by atoms with van der Waals surface area (Å²) in [6, 6.07) is 9.46. The van der Waals surface area contributed by atoms with E-state index >= 15 is 0 Å². The average molecular weight is 187 g/mol. The van der Waals surface area contributed by atoms with Gasteiger partial charge in [-0.2, -0.15) is 5.26 Å². The number of phenolic OH excluding ortho intramolecular Hbond substituents is 1. The molecule has 0 atom stereocenters. The van der Waals surface area contributed by atoms with Gasteiger partial charge in [-0.05, 0) is 23.6 Å². The number of hydrogen-bond acceptors (Lipinski definition) is 2. The van der Waals surface area contributed by atoms with Crippen LogP contribution < -0.4 is 0 Å². The Balaban J connectivity index is 2.86. The van der Waals surface area contributed by atoms with Gasteiger partial charge < -0.3 is 5.11 Å². The number of hydrogen-bond donors (Lipinski definition) is 1. The topological polar surface area (TPSA) is 44.0 Å². The molecule has 0 aliphatic rings. The molecule has 0 aromatic heterocycles. The zero-order chi connectivity index (χ0) is 10.1. The van der Waals surface area contributed by atoms with Crippen LogP contribution in [-0.4, -0.2) is 5.11 Å². The van der Waals surface area contributed by atoms with Crippen molar-refractivity contribution in [3.05, 3.63) is 41.7 Å². The molecule has 0 aliphatic heterocycles. The van der Waals surface area contributed by atoms with Crippen LogP contribution in [0.4, 0.5) is 4.39 Å². The maximum atomic E-state index is 13.0. The molecule has 0 radical (unpaired) electrons. The zero-order valence-electron chi connectivity index (χ0n) is 7.16. The summed E-state index contributed by atoms with van der Waals surface area (Å²) in [6.07, 6.45) is 0. The molecule has 2 aromatic rings. The van der Waals surface area contributed by atoms with Crippen molar-refractivity contribution in [1.82, 2.24) is 0 Å². The summed E-state index contributed by atoms with van der Waals surface area (Å²) in [6.45, 7) is 0. The first kappa shape index (κ1) is 8.52. The Hall–Kier alpha value is -2.08. The number of aromatic hydroxyl groups is 1. The molecule has 0 heterocycles. The molecule has 2 rings (SSSR count). The molecule has 0 aliphatic carbocycles. The zero-order valence-corrected chi connectivity index (χ0v) is 7.16. The van der Waals surface area contributed by atoms with E-state index in [0.717, 1.165) is 0 Å². The largest absolute Gasteiger partial charge is 0.504 e. The maximum Gasteiger partial charge on any atom is 0.165 e. The van der Waals surface area contributed by atoms with Crippen LogP contribution in [0.1, 0.15) is 5.56 Å². The van der Waals surface area contributed by atoms with Gasteiger partial charge in [0.15, 0.2) is 11.6 Å². The number of nitrogens with zero attached hydrogens (tertiary/aromatic N) is 1. The number of phenols is 1. The lowest BCUT2D eigenvalue weighted by atomic mass is 10.1. The van der Waals surface area contributed by atoms with Gasteiger partial charge in [0.05, 0.1) is 11.6 Å². The van der Waals surface area contributed by atoms with Crippen LogP contribution in [0, 0.1) is 17.1 Å². The van der Waals surface area contributed by atoms with Crippen LogP contribution in [-0.2, 0) is 0 Å². The van der Waals surface area contributed by atoms with Crippen LogP contribution in [0.3, 0.4) is 0 Å². The van der Waals surface area contributed by atoms with Crippen LogP contribution in [0.25, 0.3) is 10.8 Å². The van der Waals surface area contributed by atoms with Gasteiger partial charge in [0.1, 0.15) is 0 Å². The Morgan fingerprint density at radius 1 is 1.21 bits per heavy atom. The normalized spacial score (nSPS) is 10.0. The van der Waals surface area contributed by atoms with Crippen molar-refractivity contribution >= 4 is 10.8 Å². The van der Waals surface area contributed by atoms with E-state index in [2.05, 4.69) is 0 Å². The summed E-state index contributed by atoms with van der Waals surface area (Å²) >= 11 is 0. The maximum absolute atomic E-state index is 13.0. The highest BCUT2D eigenvalue weighted by atomic mass is 19.1. The van der Waals surface area contributed by atoms with Crippen molar-refractivity contribution in [2.24, 2.45) is 0 Å². The average Bonchev–Trinajstić information content (AvgIpc) is 2.23. The fourth-order valence-electron chi connectivity index (χ4n) is 1.35. The summed E-state index contributed by atoms with van der Waals surface area (Å²) in [5.41, 5.74) is 0.401. The van der Waals surface area contributed by atoms with E-state index < -0.39 is 11.6 Å². The summed E-state index contributed by atoms with van der Waals surface area (Å²) in [5, 5.41) is 19.1. The predicted octanol–water partition coefficient (Wildman–Crippen LogP) is 2.56. The van der Waals surface area contributed by atoms with Crippen LogP contribution in [0.2, 0.25) is 0 Å². The summed E-state index contributed by atoms with van der Waals surface area (Å²) < 4.78 is 13.0. The third-order valence-corrected chi connectivity index (χ3v) is 2.07. The molecular formula is C11H6FNO. The lowest BCUT2D eigenvalue weighted by Crippen LogP contribution is -1.81. The van der Waals surface area contributed by atoms with E-state index in [1.54, 1.807) is 18.2 Å². The van der Waals surface area contributed by atoms with Crippen molar-refractivity contribution in [3.8, 4) is 11.8 Å². The predicted molar refractivity (Wildman–Crippen MR) is 50.3 cm³/mol. The van der Waals surface area contributed by atoms with Gasteiger partial charge in [0.2, 0.25) is 0 Å². The first-order valence-electron chi connectivity index (χ1n) is 4.03. The smallest absolute Gasteiger partial charge is 0.165 e. The van der Waals surface area contributed by atoms with Gasteiger partial charge in [-0.25, -0.2) is 4.39 Å². The van der Waals surface area contributed by atoms with E-state index in [0.29, 0.717) is 16.3 Å². The molecule has 68 valence electrons. The highest BCUT2D eigenvalue weighted by molar-refractivity contribution is 5.89. The molecule has 0 bridgehead atoms. The monoisotopic (exact) mass is 187 g/mol. The van der Waals surface area contributed by atoms with Crippen LogP contribution in [0.15, 0.2) is 30.3 Å². The van der Waals surface area contributed by atoms with E-state index in [-0.39, 0.29) is 0 Å². The molecule has 0 fully saturated rings. The molecule has 0 saturated heterocycles. The molecule has 3 heteroatoms. The van der Waals surface area contributed by atoms with Crippen molar-refractivity contribution in [2.45, 2.75) is 0 Å². The second-order valence-electron chi connectivity index (χ2n) is 2.94. The minimum absolute atomic E-state index is 0.365. The van der Waals surface area contributed by atoms with Crippen LogP contribution in [0.5, 0.6) is 5.75 Å². The molecule has 2 nitrogen and oxygen atoms in total. The van der Waals surface area contributed by atoms with Crippen molar-refractivity contribution < 1.29 is 9.50 Å². The molecule has 2 aromatic carbocycles. The van der Waals surface area contributed by atoms with Gasteiger partial charge in [0, 0.05) is 5.39 Å². The Morgan fingerprint density at radius 2 is 1.93 bits per heavy atom. The molecular weight excluding hydrogens is 181 g/mol. The highest BCUT2D eigenvalue weighted by Crippen LogP contribution is 2.28. The Kier molecular flexibility index (Phi) is 1.83. The summed E-state index contributed by atoms with van der Waals surface area (Å²) in [7, 11) is 0. The summed E-state index contributed by atoms with van der Waals surface area (Å²) in [5.74, 6) is -1.08. The van der Waals surface area contributed by atoms with E-state index in [1.807, 2.05) is 6.07 Å². The summed E-state index contributed by atoms with van der Waals surface area (Å²) in [4.78, 5) is 0. The van der Waals surface area contributed by atoms with Gasteiger partial charge in [-0.15, -0.1) is 0 Å². The first-order chi connectivity index (χ1) is 6.72. The Morgan fingerprint density at radius 3 is 2.64 bits per heavy atom. The van der Waals surface area contributed by atoms with Gasteiger partial charge in [-0.3, -0.25) is 0 Å².